The minimum Gasteiger partial charge on any atom is -0.364 e. The number of fused-ring (bicyclic) bond motifs is 1. The number of nitrogens with zero attached hydrogens (tertiary/aromatic N) is 3. The van der Waals surface area contributed by atoms with Crippen molar-refractivity contribution in [3.8, 4) is 17.1 Å². The SMILES string of the molecule is NC(=O)c1nc(-c2ccccc2F)nc2c1[nH]c(=O)n2-c1ccc(Cl)c(Cl)c1. The molecule has 0 atom stereocenters. The predicted molar refractivity (Wildman–Crippen MR) is 103 cm³/mol. The van der Waals surface area contributed by atoms with Gasteiger partial charge in [-0.3, -0.25) is 4.79 Å². The zero-order valence-electron chi connectivity index (χ0n) is 13.9. The van der Waals surface area contributed by atoms with Gasteiger partial charge in [0.15, 0.2) is 17.2 Å². The molecule has 1 amide bonds. The Bertz CT molecular complexity index is 1320. The van der Waals surface area contributed by atoms with Crippen molar-refractivity contribution in [3.63, 3.8) is 0 Å². The quantitative estimate of drug-likeness (QED) is 0.532. The Kier molecular flexibility index (Phi) is 4.37. The van der Waals surface area contributed by atoms with E-state index in [1.807, 2.05) is 0 Å². The van der Waals surface area contributed by atoms with Gasteiger partial charge in [0.25, 0.3) is 5.91 Å². The molecule has 0 bridgehead atoms. The number of carbonyl (C=O) groups excluding carboxylic acids is 1. The third-order valence-corrected chi connectivity index (χ3v) is 4.79. The van der Waals surface area contributed by atoms with Gasteiger partial charge in [0.2, 0.25) is 0 Å². The van der Waals surface area contributed by atoms with Crippen LogP contribution in [0.15, 0.2) is 47.3 Å². The van der Waals surface area contributed by atoms with Crippen LogP contribution in [0.3, 0.4) is 0 Å². The van der Waals surface area contributed by atoms with Crippen molar-refractivity contribution in [2.45, 2.75) is 0 Å². The van der Waals surface area contributed by atoms with Gasteiger partial charge >= 0.3 is 5.69 Å². The minimum atomic E-state index is -0.896. The Morgan fingerprint density at radius 1 is 1.11 bits per heavy atom. The molecule has 2 heterocycles. The standard InChI is InChI=1S/C18H10Cl2FN5O2/c19-10-6-5-8(7-11(10)20)26-17-14(24-18(26)28)13(15(22)27)23-16(25-17)9-3-1-2-4-12(9)21/h1-7H,(H2,22,27)(H,24,28). The maximum atomic E-state index is 14.2. The van der Waals surface area contributed by atoms with Crippen molar-refractivity contribution in [2.75, 3.05) is 0 Å². The molecule has 4 aromatic rings. The van der Waals surface area contributed by atoms with E-state index < -0.39 is 17.4 Å². The van der Waals surface area contributed by atoms with Crippen molar-refractivity contribution in [1.29, 1.82) is 0 Å². The first-order valence-electron chi connectivity index (χ1n) is 7.89. The fourth-order valence-electron chi connectivity index (χ4n) is 2.79. The van der Waals surface area contributed by atoms with Gasteiger partial charge in [-0.1, -0.05) is 35.3 Å². The molecule has 0 saturated heterocycles. The molecule has 0 spiro atoms. The Morgan fingerprint density at radius 3 is 2.54 bits per heavy atom. The van der Waals surface area contributed by atoms with Crippen molar-refractivity contribution in [2.24, 2.45) is 5.73 Å². The van der Waals surface area contributed by atoms with E-state index in [2.05, 4.69) is 15.0 Å². The average Bonchev–Trinajstić information content (AvgIpc) is 2.99. The molecule has 4 rings (SSSR count). The van der Waals surface area contributed by atoms with E-state index in [1.54, 1.807) is 12.1 Å². The molecule has 10 heteroatoms. The van der Waals surface area contributed by atoms with E-state index in [4.69, 9.17) is 28.9 Å². The first-order chi connectivity index (χ1) is 13.4. The molecule has 0 aliphatic carbocycles. The molecule has 0 fully saturated rings. The minimum absolute atomic E-state index is 0.0312. The molecular weight excluding hydrogens is 408 g/mol. The molecule has 0 aliphatic heterocycles. The predicted octanol–water partition coefficient (Wildman–Crippen LogP) is 3.32. The van der Waals surface area contributed by atoms with Gasteiger partial charge in [-0.05, 0) is 30.3 Å². The summed E-state index contributed by atoms with van der Waals surface area (Å²) in [5.41, 5.74) is 5.06. The van der Waals surface area contributed by atoms with Crippen LogP contribution in [0.4, 0.5) is 4.39 Å². The number of benzene rings is 2. The number of hydrogen-bond acceptors (Lipinski definition) is 4. The van der Waals surface area contributed by atoms with E-state index in [1.165, 1.54) is 34.9 Å². The molecule has 7 nitrogen and oxygen atoms in total. The van der Waals surface area contributed by atoms with E-state index in [0.29, 0.717) is 10.7 Å². The summed E-state index contributed by atoms with van der Waals surface area (Å²) in [5.74, 6) is -1.57. The number of hydrogen-bond donors (Lipinski definition) is 2. The fourth-order valence-corrected chi connectivity index (χ4v) is 3.08. The van der Waals surface area contributed by atoms with Gasteiger partial charge in [0, 0.05) is 0 Å². The Balaban J connectivity index is 2.09. The highest BCUT2D eigenvalue weighted by atomic mass is 35.5. The van der Waals surface area contributed by atoms with Crippen molar-refractivity contribution in [1.82, 2.24) is 19.5 Å². The lowest BCUT2D eigenvalue weighted by Crippen LogP contribution is -2.15. The van der Waals surface area contributed by atoms with Gasteiger partial charge in [-0.25, -0.2) is 23.7 Å². The molecule has 2 aromatic carbocycles. The van der Waals surface area contributed by atoms with Crippen LogP contribution in [0.2, 0.25) is 10.0 Å². The molecule has 3 N–H and O–H groups in total. The van der Waals surface area contributed by atoms with Crippen LogP contribution in [-0.4, -0.2) is 25.4 Å². The maximum Gasteiger partial charge on any atom is 0.332 e. The highest BCUT2D eigenvalue weighted by Crippen LogP contribution is 2.27. The number of nitrogens with two attached hydrogens (primary N) is 1. The highest BCUT2D eigenvalue weighted by molar-refractivity contribution is 6.42. The third kappa shape index (κ3) is 2.92. The first kappa shape index (κ1) is 18.1. The van der Waals surface area contributed by atoms with Crippen LogP contribution < -0.4 is 11.4 Å². The van der Waals surface area contributed by atoms with Gasteiger partial charge in [-0.15, -0.1) is 0 Å². The first-order valence-corrected chi connectivity index (χ1v) is 8.65. The number of rotatable bonds is 3. The van der Waals surface area contributed by atoms with Gasteiger partial charge in [-0.2, -0.15) is 0 Å². The average molecular weight is 418 g/mol. The molecule has 28 heavy (non-hydrogen) atoms. The van der Waals surface area contributed by atoms with Crippen molar-refractivity contribution in [3.05, 3.63) is 74.5 Å². The third-order valence-electron chi connectivity index (χ3n) is 4.05. The summed E-state index contributed by atoms with van der Waals surface area (Å²) in [6, 6.07) is 10.3. The largest absolute Gasteiger partial charge is 0.364 e. The maximum absolute atomic E-state index is 14.2. The van der Waals surface area contributed by atoms with Crippen molar-refractivity contribution < 1.29 is 9.18 Å². The van der Waals surface area contributed by atoms with Crippen LogP contribution in [0.25, 0.3) is 28.2 Å². The van der Waals surface area contributed by atoms with E-state index in [-0.39, 0.29) is 33.3 Å². The lowest BCUT2D eigenvalue weighted by atomic mass is 10.2. The molecular formula is C18H10Cl2FN5O2. The summed E-state index contributed by atoms with van der Waals surface area (Å²) in [4.78, 5) is 35.3. The topological polar surface area (TPSA) is 107 Å². The normalized spacial score (nSPS) is 11.1. The van der Waals surface area contributed by atoms with E-state index >= 15 is 0 Å². The van der Waals surface area contributed by atoms with Gasteiger partial charge < -0.3 is 10.7 Å². The van der Waals surface area contributed by atoms with Gasteiger partial charge in [0.1, 0.15) is 11.3 Å². The number of nitrogens with one attached hydrogen (secondary N) is 1. The van der Waals surface area contributed by atoms with E-state index in [0.717, 1.165) is 0 Å². The molecule has 2 aromatic heterocycles. The number of amides is 1. The lowest BCUT2D eigenvalue weighted by molar-refractivity contribution is 0.0997. The molecule has 140 valence electrons. The van der Waals surface area contributed by atoms with Crippen LogP contribution in [0.1, 0.15) is 10.5 Å². The Labute approximate surface area is 166 Å². The second kappa shape index (κ2) is 6.74. The summed E-state index contributed by atoms with van der Waals surface area (Å²) in [5, 5.41) is 0.525. The summed E-state index contributed by atoms with van der Waals surface area (Å²) in [7, 11) is 0. The van der Waals surface area contributed by atoms with Crippen molar-refractivity contribution >= 4 is 40.3 Å². The highest BCUT2D eigenvalue weighted by Gasteiger charge is 2.21. The number of carbonyl (C=O) groups is 1. The number of aromatic amines is 1. The second-order valence-corrected chi connectivity index (χ2v) is 6.62. The number of halogens is 3. The smallest absolute Gasteiger partial charge is 0.332 e. The van der Waals surface area contributed by atoms with Crippen LogP contribution >= 0.6 is 23.2 Å². The zero-order valence-corrected chi connectivity index (χ0v) is 15.4. The van der Waals surface area contributed by atoms with Crippen LogP contribution in [-0.2, 0) is 0 Å². The Hall–Kier alpha value is -3.23. The molecule has 0 saturated carbocycles. The summed E-state index contributed by atoms with van der Waals surface area (Å²) < 4.78 is 15.4. The number of aromatic nitrogens is 4. The molecule has 0 aliphatic rings. The monoisotopic (exact) mass is 417 g/mol. The number of H-pyrrole nitrogens is 1. The Morgan fingerprint density at radius 2 is 1.86 bits per heavy atom. The zero-order chi connectivity index (χ0) is 20.0. The molecule has 0 unspecified atom stereocenters. The summed E-state index contributed by atoms with van der Waals surface area (Å²) >= 11 is 12.0. The number of imidazole rings is 1. The van der Waals surface area contributed by atoms with Crippen LogP contribution in [0, 0.1) is 5.82 Å². The fraction of sp³-hybridized carbons (Fsp3) is 0. The number of primary amides is 1. The lowest BCUT2D eigenvalue weighted by Gasteiger charge is -2.07. The van der Waals surface area contributed by atoms with Crippen LogP contribution in [0.5, 0.6) is 0 Å². The summed E-state index contributed by atoms with van der Waals surface area (Å²) in [6.07, 6.45) is 0. The van der Waals surface area contributed by atoms with E-state index in [9.17, 15) is 14.0 Å². The molecule has 0 radical (unpaired) electrons. The van der Waals surface area contributed by atoms with Gasteiger partial charge in [0.05, 0.1) is 21.3 Å². The second-order valence-electron chi connectivity index (χ2n) is 5.80. The summed E-state index contributed by atoms with van der Waals surface area (Å²) in [6.45, 7) is 0.